The predicted molar refractivity (Wildman–Crippen MR) is 75.2 cm³/mol. The largest absolute Gasteiger partial charge is 0.496 e. The highest BCUT2D eigenvalue weighted by molar-refractivity contribution is 9.10. The summed E-state index contributed by atoms with van der Waals surface area (Å²) < 4.78 is 7.31. The maximum Gasteiger partial charge on any atom is 0.265 e. The van der Waals surface area contributed by atoms with Gasteiger partial charge in [-0.3, -0.25) is 4.79 Å². The molecule has 19 heavy (non-hydrogen) atoms. The van der Waals surface area contributed by atoms with Crippen LogP contribution >= 0.6 is 15.9 Å². The Morgan fingerprint density at radius 2 is 2.21 bits per heavy atom. The zero-order chi connectivity index (χ0) is 13.8. The van der Waals surface area contributed by atoms with E-state index in [0.717, 1.165) is 5.56 Å². The van der Waals surface area contributed by atoms with E-state index < -0.39 is 0 Å². The Bertz CT molecular complexity index is 701. The van der Waals surface area contributed by atoms with Crippen molar-refractivity contribution in [1.82, 2.24) is 4.57 Å². The van der Waals surface area contributed by atoms with Gasteiger partial charge < -0.3 is 9.30 Å². The molecule has 1 aromatic heterocycles. The highest BCUT2D eigenvalue weighted by atomic mass is 79.9. The first-order chi connectivity index (χ1) is 9.15. The molecule has 1 aromatic carbocycles. The molecule has 0 aliphatic heterocycles. The van der Waals surface area contributed by atoms with Crippen LogP contribution in [-0.2, 0) is 6.54 Å². The molecule has 0 amide bonds. The molecular formula is C14H11BrN2O2. The Morgan fingerprint density at radius 1 is 1.42 bits per heavy atom. The van der Waals surface area contributed by atoms with Crippen LogP contribution in [0.5, 0.6) is 5.75 Å². The highest BCUT2D eigenvalue weighted by Crippen LogP contribution is 2.20. The molecule has 0 bridgehead atoms. The number of aromatic nitrogens is 1. The predicted octanol–water partition coefficient (Wildman–Crippen LogP) is 2.54. The van der Waals surface area contributed by atoms with Crippen molar-refractivity contribution in [3.8, 4) is 11.8 Å². The summed E-state index contributed by atoms with van der Waals surface area (Å²) in [5, 5.41) is 8.92. The fraction of sp³-hybridized carbons (Fsp3) is 0.143. The zero-order valence-electron chi connectivity index (χ0n) is 10.3. The van der Waals surface area contributed by atoms with E-state index in [9.17, 15) is 4.79 Å². The van der Waals surface area contributed by atoms with Crippen molar-refractivity contribution in [2.45, 2.75) is 6.54 Å². The van der Waals surface area contributed by atoms with Crippen molar-refractivity contribution in [3.63, 3.8) is 0 Å². The number of rotatable bonds is 3. The topological polar surface area (TPSA) is 55.0 Å². The van der Waals surface area contributed by atoms with Crippen molar-refractivity contribution in [2.24, 2.45) is 0 Å². The first-order valence-corrected chi connectivity index (χ1v) is 6.37. The summed E-state index contributed by atoms with van der Waals surface area (Å²) in [7, 11) is 1.56. The van der Waals surface area contributed by atoms with Crippen molar-refractivity contribution < 1.29 is 4.74 Å². The van der Waals surface area contributed by atoms with Gasteiger partial charge in [-0.2, -0.15) is 5.26 Å². The van der Waals surface area contributed by atoms with Gasteiger partial charge in [-0.15, -0.1) is 0 Å². The van der Waals surface area contributed by atoms with Crippen LogP contribution in [0.2, 0.25) is 0 Å². The van der Waals surface area contributed by atoms with Gasteiger partial charge in [0.15, 0.2) is 0 Å². The molecule has 0 unspecified atom stereocenters. The maximum atomic E-state index is 11.9. The second-order valence-corrected chi connectivity index (χ2v) is 4.78. The third kappa shape index (κ3) is 2.85. The van der Waals surface area contributed by atoms with Crippen LogP contribution in [0.1, 0.15) is 11.1 Å². The molecule has 2 aromatic rings. The second-order valence-electron chi connectivity index (χ2n) is 3.93. The van der Waals surface area contributed by atoms with E-state index >= 15 is 0 Å². The minimum atomic E-state index is -0.119. The standard InChI is InChI=1S/C14H11BrN2O2/c1-19-13-5-4-10(8-16)7-11(13)9-17-6-2-3-12(15)14(17)18/h2-7H,9H2,1H3. The molecule has 5 heteroatoms. The molecule has 0 saturated heterocycles. The molecule has 0 fully saturated rings. The Morgan fingerprint density at radius 3 is 2.89 bits per heavy atom. The van der Waals surface area contributed by atoms with Gasteiger partial charge in [0.1, 0.15) is 5.75 Å². The third-order valence-electron chi connectivity index (χ3n) is 2.72. The maximum absolute atomic E-state index is 11.9. The molecule has 4 nitrogen and oxygen atoms in total. The number of hydrogen-bond donors (Lipinski definition) is 0. The number of nitrogens with zero attached hydrogens (tertiary/aromatic N) is 2. The van der Waals surface area contributed by atoms with Crippen LogP contribution in [0.4, 0.5) is 0 Å². The molecule has 0 N–H and O–H groups in total. The molecule has 2 rings (SSSR count). The van der Waals surface area contributed by atoms with E-state index in [1.807, 2.05) is 0 Å². The number of halogens is 1. The Balaban J connectivity index is 2.45. The fourth-order valence-electron chi connectivity index (χ4n) is 1.79. The SMILES string of the molecule is COc1ccc(C#N)cc1Cn1cccc(Br)c1=O. The molecule has 0 spiro atoms. The lowest BCUT2D eigenvalue weighted by molar-refractivity contribution is 0.408. The number of benzene rings is 1. The first-order valence-electron chi connectivity index (χ1n) is 5.57. The third-order valence-corrected chi connectivity index (χ3v) is 3.33. The molecular weight excluding hydrogens is 308 g/mol. The molecule has 0 aliphatic rings. The van der Waals surface area contributed by atoms with Gasteiger partial charge in [0.2, 0.25) is 0 Å². The van der Waals surface area contributed by atoms with E-state index in [-0.39, 0.29) is 5.56 Å². The van der Waals surface area contributed by atoms with Gasteiger partial charge in [-0.05, 0) is 46.3 Å². The summed E-state index contributed by atoms with van der Waals surface area (Å²) in [6.45, 7) is 0.358. The second kappa shape index (κ2) is 5.72. The van der Waals surface area contributed by atoms with Crippen LogP contribution in [0, 0.1) is 11.3 Å². The van der Waals surface area contributed by atoms with Crippen molar-refractivity contribution in [1.29, 1.82) is 5.26 Å². The van der Waals surface area contributed by atoms with Crippen LogP contribution in [-0.4, -0.2) is 11.7 Å². The molecule has 96 valence electrons. The normalized spacial score (nSPS) is 9.95. The lowest BCUT2D eigenvalue weighted by Gasteiger charge is -2.11. The Labute approximate surface area is 119 Å². The minimum absolute atomic E-state index is 0.119. The molecule has 0 radical (unpaired) electrons. The number of hydrogen-bond acceptors (Lipinski definition) is 3. The molecule has 0 saturated carbocycles. The van der Waals surface area contributed by atoms with Crippen LogP contribution in [0.15, 0.2) is 45.8 Å². The Kier molecular flexibility index (Phi) is 4.03. The number of pyridine rings is 1. The summed E-state index contributed by atoms with van der Waals surface area (Å²) in [6, 6.07) is 10.7. The number of nitriles is 1. The summed E-state index contributed by atoms with van der Waals surface area (Å²) >= 11 is 3.21. The van der Waals surface area contributed by atoms with Crippen molar-refractivity contribution in [3.05, 3.63) is 62.5 Å². The van der Waals surface area contributed by atoms with E-state index in [1.54, 1.807) is 48.2 Å². The lowest BCUT2D eigenvalue weighted by Crippen LogP contribution is -2.20. The summed E-state index contributed by atoms with van der Waals surface area (Å²) in [6.07, 6.45) is 1.70. The van der Waals surface area contributed by atoms with Crippen molar-refractivity contribution in [2.75, 3.05) is 7.11 Å². The smallest absolute Gasteiger partial charge is 0.265 e. The highest BCUT2D eigenvalue weighted by Gasteiger charge is 2.07. The quantitative estimate of drug-likeness (QED) is 0.873. The average molecular weight is 319 g/mol. The number of methoxy groups -OCH3 is 1. The van der Waals surface area contributed by atoms with Crippen LogP contribution in [0.25, 0.3) is 0 Å². The van der Waals surface area contributed by atoms with Crippen molar-refractivity contribution >= 4 is 15.9 Å². The van der Waals surface area contributed by atoms with Gasteiger partial charge in [0.25, 0.3) is 5.56 Å². The van der Waals surface area contributed by atoms with Crippen LogP contribution in [0.3, 0.4) is 0 Å². The molecule has 1 heterocycles. The van der Waals surface area contributed by atoms with E-state index in [1.165, 1.54) is 0 Å². The van der Waals surface area contributed by atoms with Gasteiger partial charge in [-0.25, -0.2) is 0 Å². The summed E-state index contributed by atoms with van der Waals surface area (Å²) in [5.41, 5.74) is 1.22. The van der Waals surface area contributed by atoms with Gasteiger partial charge in [-0.1, -0.05) is 0 Å². The van der Waals surface area contributed by atoms with E-state index in [2.05, 4.69) is 22.0 Å². The number of ether oxygens (including phenoxy) is 1. The minimum Gasteiger partial charge on any atom is -0.496 e. The average Bonchev–Trinajstić information content (AvgIpc) is 2.43. The monoisotopic (exact) mass is 318 g/mol. The Hall–Kier alpha value is -2.06. The lowest BCUT2D eigenvalue weighted by atomic mass is 10.1. The molecule has 0 aliphatic carbocycles. The first kappa shape index (κ1) is 13.4. The van der Waals surface area contributed by atoms with Crippen LogP contribution < -0.4 is 10.3 Å². The summed E-state index contributed by atoms with van der Waals surface area (Å²) in [4.78, 5) is 11.9. The van der Waals surface area contributed by atoms with Gasteiger partial charge in [0, 0.05) is 11.8 Å². The fourth-order valence-corrected chi connectivity index (χ4v) is 2.17. The van der Waals surface area contributed by atoms with Gasteiger partial charge >= 0.3 is 0 Å². The van der Waals surface area contributed by atoms with E-state index in [0.29, 0.717) is 22.3 Å². The molecule has 0 atom stereocenters. The van der Waals surface area contributed by atoms with E-state index in [4.69, 9.17) is 10.00 Å². The van der Waals surface area contributed by atoms with Gasteiger partial charge in [0.05, 0.1) is 29.8 Å². The summed E-state index contributed by atoms with van der Waals surface area (Å²) in [5.74, 6) is 0.658. The zero-order valence-corrected chi connectivity index (χ0v) is 11.8.